The smallest absolute Gasteiger partial charge is 0.338 e. The van der Waals surface area contributed by atoms with Crippen LogP contribution in [-0.4, -0.2) is 53.1 Å². The minimum absolute atomic E-state index is 0.0444. The Balaban J connectivity index is 1.52. The molecule has 0 saturated carbocycles. The van der Waals surface area contributed by atoms with E-state index in [4.69, 9.17) is 21.1 Å². The molecule has 0 radical (unpaired) electrons. The van der Waals surface area contributed by atoms with Gasteiger partial charge in [0.2, 0.25) is 0 Å². The van der Waals surface area contributed by atoms with Crippen molar-refractivity contribution in [2.75, 3.05) is 42.5 Å². The van der Waals surface area contributed by atoms with E-state index < -0.39 is 22.6 Å². The predicted molar refractivity (Wildman–Crippen MR) is 133 cm³/mol. The molecule has 0 spiro atoms. The Morgan fingerprint density at radius 2 is 1.63 bits per heavy atom. The molecule has 3 aromatic rings. The maximum Gasteiger partial charge on any atom is 0.338 e. The lowest BCUT2D eigenvalue weighted by Crippen LogP contribution is -2.36. The van der Waals surface area contributed by atoms with Gasteiger partial charge in [-0.3, -0.25) is 9.52 Å². The molecule has 0 aliphatic carbocycles. The number of ketones is 1. The normalized spacial score (nSPS) is 13.8. The van der Waals surface area contributed by atoms with Gasteiger partial charge in [0.1, 0.15) is 4.90 Å². The molecule has 0 aromatic heterocycles. The molecule has 3 aromatic carbocycles. The van der Waals surface area contributed by atoms with Gasteiger partial charge in [0, 0.05) is 18.7 Å². The van der Waals surface area contributed by atoms with Crippen molar-refractivity contribution < 1.29 is 27.5 Å². The van der Waals surface area contributed by atoms with Gasteiger partial charge in [-0.2, -0.15) is 0 Å². The van der Waals surface area contributed by atoms with Crippen molar-refractivity contribution in [2.45, 2.75) is 4.90 Å². The molecular formula is C25H23ClN2O6S. The molecule has 1 N–H and O–H groups in total. The monoisotopic (exact) mass is 514 g/mol. The Kier molecular flexibility index (Phi) is 7.70. The zero-order valence-electron chi connectivity index (χ0n) is 18.6. The number of nitrogens with zero attached hydrogens (tertiary/aromatic N) is 1. The standard InChI is InChI=1S/C25H23ClN2O6S/c26-20-11-10-19(25(30)34-17-23(29)18-6-2-1-3-7-18)16-24(20)35(31,32)27-21-8-4-5-9-22(21)28-12-14-33-15-13-28/h1-11,16,27H,12-15,17H2. The maximum absolute atomic E-state index is 13.2. The number of para-hydroxylation sites is 2. The summed E-state index contributed by atoms with van der Waals surface area (Å²) in [6, 6.07) is 19.2. The van der Waals surface area contributed by atoms with Crippen LogP contribution in [0.3, 0.4) is 0 Å². The zero-order chi connectivity index (χ0) is 24.8. The lowest BCUT2D eigenvalue weighted by molar-refractivity contribution is 0.0474. The van der Waals surface area contributed by atoms with Gasteiger partial charge >= 0.3 is 5.97 Å². The summed E-state index contributed by atoms with van der Waals surface area (Å²) in [7, 11) is -4.15. The predicted octanol–water partition coefficient (Wildman–Crippen LogP) is 4.02. The van der Waals surface area contributed by atoms with Crippen molar-refractivity contribution in [3.05, 3.63) is 88.9 Å². The quantitative estimate of drug-likeness (QED) is 0.358. The van der Waals surface area contributed by atoms with Gasteiger partial charge in [0.25, 0.3) is 10.0 Å². The van der Waals surface area contributed by atoms with Crippen LogP contribution in [-0.2, 0) is 19.5 Å². The fourth-order valence-corrected chi connectivity index (χ4v) is 5.20. The highest BCUT2D eigenvalue weighted by Crippen LogP contribution is 2.31. The first-order valence-corrected chi connectivity index (χ1v) is 12.7. The molecule has 10 heteroatoms. The van der Waals surface area contributed by atoms with Gasteiger partial charge in [-0.1, -0.05) is 54.1 Å². The van der Waals surface area contributed by atoms with E-state index in [1.807, 2.05) is 17.0 Å². The SMILES string of the molecule is O=C(COC(=O)c1ccc(Cl)c(S(=O)(=O)Nc2ccccc2N2CCOCC2)c1)c1ccccc1. The summed E-state index contributed by atoms with van der Waals surface area (Å²) in [5, 5.41) is -0.0572. The molecule has 1 aliphatic heterocycles. The molecule has 0 atom stereocenters. The number of rotatable bonds is 8. The third-order valence-corrected chi connectivity index (χ3v) is 7.23. The Hall–Kier alpha value is -3.40. The summed E-state index contributed by atoms with van der Waals surface area (Å²) in [4.78, 5) is 26.5. The average Bonchev–Trinajstić information content (AvgIpc) is 2.88. The fourth-order valence-electron chi connectivity index (χ4n) is 3.60. The average molecular weight is 515 g/mol. The highest BCUT2D eigenvalue weighted by molar-refractivity contribution is 7.92. The number of hydrogen-bond acceptors (Lipinski definition) is 7. The highest BCUT2D eigenvalue weighted by atomic mass is 35.5. The number of sulfonamides is 1. The van der Waals surface area contributed by atoms with E-state index >= 15 is 0 Å². The number of carbonyl (C=O) groups is 2. The number of Topliss-reactive ketones (excluding diaryl/α,β-unsaturated/α-hetero) is 1. The molecule has 0 bridgehead atoms. The van der Waals surface area contributed by atoms with Crippen LogP contribution in [0.15, 0.2) is 77.7 Å². The Labute approximate surface area is 208 Å². The summed E-state index contributed by atoms with van der Waals surface area (Å²) in [5.74, 6) is -1.21. The lowest BCUT2D eigenvalue weighted by Gasteiger charge is -2.30. The van der Waals surface area contributed by atoms with Crippen molar-refractivity contribution in [1.82, 2.24) is 0 Å². The van der Waals surface area contributed by atoms with Crippen LogP contribution >= 0.6 is 11.6 Å². The number of halogens is 1. The number of nitrogens with one attached hydrogen (secondary N) is 1. The summed E-state index contributed by atoms with van der Waals surface area (Å²) in [5.41, 5.74) is 1.46. The molecule has 0 amide bonds. The van der Waals surface area contributed by atoms with Gasteiger partial charge in [0.05, 0.1) is 35.2 Å². The zero-order valence-corrected chi connectivity index (χ0v) is 20.2. The van der Waals surface area contributed by atoms with Gasteiger partial charge in [-0.05, 0) is 30.3 Å². The molecule has 0 unspecified atom stereocenters. The first-order chi connectivity index (χ1) is 16.8. The van der Waals surface area contributed by atoms with Gasteiger partial charge in [-0.25, -0.2) is 13.2 Å². The topological polar surface area (TPSA) is 102 Å². The molecule has 1 heterocycles. The van der Waals surface area contributed by atoms with E-state index in [0.29, 0.717) is 43.2 Å². The summed E-state index contributed by atoms with van der Waals surface area (Å²) in [6.07, 6.45) is 0. The minimum atomic E-state index is -4.15. The van der Waals surface area contributed by atoms with Crippen molar-refractivity contribution in [3.63, 3.8) is 0 Å². The van der Waals surface area contributed by atoms with Gasteiger partial charge < -0.3 is 14.4 Å². The first kappa shape index (κ1) is 24.7. The number of benzene rings is 3. The second-order valence-electron chi connectivity index (χ2n) is 7.73. The largest absolute Gasteiger partial charge is 0.454 e. The molecule has 8 nitrogen and oxygen atoms in total. The minimum Gasteiger partial charge on any atom is -0.454 e. The van der Waals surface area contributed by atoms with Gasteiger partial charge in [-0.15, -0.1) is 0 Å². The van der Waals surface area contributed by atoms with E-state index in [2.05, 4.69) is 4.72 Å². The lowest BCUT2D eigenvalue weighted by atomic mass is 10.1. The Bertz CT molecular complexity index is 1320. The maximum atomic E-state index is 13.2. The molecule has 182 valence electrons. The number of ether oxygens (including phenoxy) is 2. The van der Waals surface area contributed by atoms with Gasteiger partial charge in [0.15, 0.2) is 12.4 Å². The number of morpholine rings is 1. The van der Waals surface area contributed by atoms with Crippen LogP contribution < -0.4 is 9.62 Å². The van der Waals surface area contributed by atoms with Crippen LogP contribution in [0.1, 0.15) is 20.7 Å². The van der Waals surface area contributed by atoms with Crippen molar-refractivity contribution in [2.24, 2.45) is 0 Å². The number of hydrogen-bond donors (Lipinski definition) is 1. The van der Waals surface area contributed by atoms with Crippen LogP contribution in [0.2, 0.25) is 5.02 Å². The van der Waals surface area contributed by atoms with Crippen molar-refractivity contribution in [1.29, 1.82) is 0 Å². The Morgan fingerprint density at radius 1 is 0.943 bits per heavy atom. The van der Waals surface area contributed by atoms with E-state index in [1.165, 1.54) is 12.1 Å². The molecule has 35 heavy (non-hydrogen) atoms. The number of esters is 1. The van der Waals surface area contributed by atoms with Crippen molar-refractivity contribution in [3.8, 4) is 0 Å². The van der Waals surface area contributed by atoms with Crippen LogP contribution in [0.4, 0.5) is 11.4 Å². The summed E-state index contributed by atoms with van der Waals surface area (Å²) < 4.78 is 39.5. The molecular weight excluding hydrogens is 492 g/mol. The molecule has 1 saturated heterocycles. The van der Waals surface area contributed by atoms with E-state index in [0.717, 1.165) is 6.07 Å². The van der Waals surface area contributed by atoms with Crippen molar-refractivity contribution >= 4 is 44.8 Å². The molecule has 1 aliphatic rings. The summed E-state index contributed by atoms with van der Waals surface area (Å²) >= 11 is 6.20. The van der Waals surface area contributed by atoms with E-state index in [1.54, 1.807) is 42.5 Å². The molecule has 4 rings (SSSR count). The van der Waals surface area contributed by atoms with Crippen LogP contribution in [0.5, 0.6) is 0 Å². The van der Waals surface area contributed by atoms with Crippen LogP contribution in [0, 0.1) is 0 Å². The first-order valence-electron chi connectivity index (χ1n) is 10.8. The summed E-state index contributed by atoms with van der Waals surface area (Å²) in [6.45, 7) is 1.87. The van der Waals surface area contributed by atoms with E-state index in [9.17, 15) is 18.0 Å². The highest BCUT2D eigenvalue weighted by Gasteiger charge is 2.24. The number of carbonyl (C=O) groups excluding carboxylic acids is 2. The fraction of sp³-hybridized carbons (Fsp3) is 0.200. The third-order valence-electron chi connectivity index (χ3n) is 5.39. The van der Waals surface area contributed by atoms with E-state index in [-0.39, 0.29) is 21.3 Å². The second kappa shape index (κ2) is 10.9. The number of anilines is 2. The van der Waals surface area contributed by atoms with Crippen LogP contribution in [0.25, 0.3) is 0 Å². The third kappa shape index (κ3) is 6.00. The molecule has 1 fully saturated rings. The Morgan fingerprint density at radius 3 is 2.37 bits per heavy atom. The second-order valence-corrected chi connectivity index (χ2v) is 9.79.